The van der Waals surface area contributed by atoms with Crippen molar-refractivity contribution in [1.29, 1.82) is 0 Å². The van der Waals surface area contributed by atoms with E-state index in [1.54, 1.807) is 18.2 Å². The molecule has 29 heavy (non-hydrogen) atoms. The van der Waals surface area contributed by atoms with Gasteiger partial charge in [0.25, 0.3) is 0 Å². The Morgan fingerprint density at radius 3 is 2.72 bits per heavy atom. The smallest absolute Gasteiger partial charge is 0.414 e. The number of halogens is 1. The number of benzene rings is 2. The lowest BCUT2D eigenvalue weighted by Crippen LogP contribution is -2.33. The zero-order valence-electron chi connectivity index (χ0n) is 16.3. The van der Waals surface area contributed by atoms with Crippen LogP contribution in [0, 0.1) is 5.82 Å². The third-order valence-corrected chi connectivity index (χ3v) is 4.60. The van der Waals surface area contributed by atoms with Crippen LogP contribution in [-0.4, -0.2) is 37.7 Å². The van der Waals surface area contributed by atoms with E-state index in [1.165, 1.54) is 17.9 Å². The Balaban J connectivity index is 1.69. The predicted molar refractivity (Wildman–Crippen MR) is 110 cm³/mol. The molecule has 0 saturated carbocycles. The average molecular weight is 397 g/mol. The van der Waals surface area contributed by atoms with Crippen LogP contribution in [0.15, 0.2) is 55.1 Å². The minimum absolute atomic E-state index is 0.197. The fourth-order valence-corrected chi connectivity index (χ4v) is 3.12. The molecule has 6 nitrogen and oxygen atoms in total. The molecule has 2 N–H and O–H groups in total. The Hall–Kier alpha value is -3.19. The second-order valence-electron chi connectivity index (χ2n) is 6.83. The van der Waals surface area contributed by atoms with Crippen LogP contribution in [0.3, 0.4) is 0 Å². The summed E-state index contributed by atoms with van der Waals surface area (Å²) in [6.45, 7) is 6.98. The number of carbonyl (C=O) groups excluding carboxylic acids is 2. The molecule has 1 aliphatic heterocycles. The molecule has 1 heterocycles. The number of ether oxygens (including phenoxy) is 1. The van der Waals surface area contributed by atoms with Crippen LogP contribution in [-0.2, 0) is 16.1 Å². The van der Waals surface area contributed by atoms with Crippen molar-refractivity contribution in [2.24, 2.45) is 0 Å². The average Bonchev–Trinajstić information content (AvgIpc) is 3.08. The number of hydrogen-bond acceptors (Lipinski definition) is 4. The van der Waals surface area contributed by atoms with Crippen LogP contribution in [0.1, 0.15) is 12.5 Å². The van der Waals surface area contributed by atoms with Gasteiger partial charge in [0.05, 0.1) is 18.8 Å². The quantitative estimate of drug-likeness (QED) is 0.530. The highest BCUT2D eigenvalue weighted by molar-refractivity contribution is 5.90. The van der Waals surface area contributed by atoms with Crippen LogP contribution in [0.4, 0.5) is 14.9 Å². The number of cyclic esters (lactones) is 1. The Morgan fingerprint density at radius 2 is 2.07 bits per heavy atom. The largest absolute Gasteiger partial charge is 0.442 e. The summed E-state index contributed by atoms with van der Waals surface area (Å²) in [4.78, 5) is 24.5. The van der Waals surface area contributed by atoms with Crippen LogP contribution >= 0.6 is 0 Å². The van der Waals surface area contributed by atoms with Crippen molar-refractivity contribution in [3.63, 3.8) is 0 Å². The summed E-state index contributed by atoms with van der Waals surface area (Å²) >= 11 is 0. The summed E-state index contributed by atoms with van der Waals surface area (Å²) in [5.74, 6) is -0.615. The van der Waals surface area contributed by atoms with E-state index in [4.69, 9.17) is 4.74 Å². The second-order valence-corrected chi connectivity index (χ2v) is 6.83. The summed E-state index contributed by atoms with van der Waals surface area (Å²) < 4.78 is 20.0. The molecule has 3 rings (SSSR count). The number of rotatable bonds is 8. The van der Waals surface area contributed by atoms with Gasteiger partial charge >= 0.3 is 6.09 Å². The van der Waals surface area contributed by atoms with E-state index in [2.05, 4.69) is 17.2 Å². The molecule has 2 aromatic carbocycles. The number of nitrogens with one attached hydrogen (secondary N) is 2. The van der Waals surface area contributed by atoms with Crippen molar-refractivity contribution in [3.05, 3.63) is 66.5 Å². The minimum atomic E-state index is -0.552. The molecule has 0 spiro atoms. The number of amides is 2. The molecule has 1 atom stereocenters. The summed E-state index contributed by atoms with van der Waals surface area (Å²) in [5.41, 5.74) is 2.74. The highest BCUT2D eigenvalue weighted by Crippen LogP contribution is 2.29. The molecule has 7 heteroatoms. The topological polar surface area (TPSA) is 70.7 Å². The molecule has 2 aromatic rings. The van der Waals surface area contributed by atoms with Gasteiger partial charge in [-0.2, -0.15) is 0 Å². The summed E-state index contributed by atoms with van der Waals surface area (Å²) in [7, 11) is 0. The van der Waals surface area contributed by atoms with E-state index < -0.39 is 18.0 Å². The van der Waals surface area contributed by atoms with Gasteiger partial charge in [-0.25, -0.2) is 9.18 Å². The molecular weight excluding hydrogens is 373 g/mol. The maximum absolute atomic E-state index is 14.8. The van der Waals surface area contributed by atoms with Gasteiger partial charge in [0.15, 0.2) is 0 Å². The SMILES string of the molecule is C=CCNCc1ccc(-c2ccc(N3CC(CNC(C)=O)OC3=O)cc2F)cc1. The molecule has 2 amide bonds. The highest BCUT2D eigenvalue weighted by atomic mass is 19.1. The minimum Gasteiger partial charge on any atom is -0.442 e. The molecule has 152 valence electrons. The Kier molecular flexibility index (Phi) is 6.61. The van der Waals surface area contributed by atoms with Gasteiger partial charge in [-0.3, -0.25) is 9.69 Å². The third-order valence-electron chi connectivity index (χ3n) is 4.60. The van der Waals surface area contributed by atoms with Gasteiger partial charge in [0, 0.05) is 25.6 Å². The van der Waals surface area contributed by atoms with Gasteiger partial charge in [0.2, 0.25) is 5.91 Å². The van der Waals surface area contributed by atoms with E-state index in [9.17, 15) is 14.0 Å². The first-order chi connectivity index (χ1) is 14.0. The van der Waals surface area contributed by atoms with Crippen molar-refractivity contribution in [1.82, 2.24) is 10.6 Å². The first-order valence-electron chi connectivity index (χ1n) is 9.41. The zero-order chi connectivity index (χ0) is 20.8. The van der Waals surface area contributed by atoms with Crippen LogP contribution in [0.25, 0.3) is 11.1 Å². The van der Waals surface area contributed by atoms with Gasteiger partial charge in [0.1, 0.15) is 11.9 Å². The lowest BCUT2D eigenvalue weighted by atomic mass is 10.0. The fourth-order valence-electron chi connectivity index (χ4n) is 3.12. The Morgan fingerprint density at radius 1 is 1.31 bits per heavy atom. The standard InChI is InChI=1S/C22H24FN3O3/c1-3-10-24-12-16-4-6-17(7-5-16)20-9-8-18(11-21(20)23)26-14-19(29-22(26)28)13-25-15(2)27/h3-9,11,19,24H,1,10,12-14H2,2H3,(H,25,27). The molecule has 0 bridgehead atoms. The van der Waals surface area contributed by atoms with Crippen molar-refractivity contribution in [2.75, 3.05) is 24.5 Å². The molecule has 0 aromatic heterocycles. The van der Waals surface area contributed by atoms with Crippen molar-refractivity contribution < 1.29 is 18.7 Å². The van der Waals surface area contributed by atoms with Crippen molar-refractivity contribution in [2.45, 2.75) is 19.6 Å². The van der Waals surface area contributed by atoms with Crippen LogP contribution in [0.5, 0.6) is 0 Å². The van der Waals surface area contributed by atoms with Crippen LogP contribution in [0.2, 0.25) is 0 Å². The lowest BCUT2D eigenvalue weighted by molar-refractivity contribution is -0.119. The van der Waals surface area contributed by atoms with Crippen molar-refractivity contribution >= 4 is 17.7 Å². The van der Waals surface area contributed by atoms with E-state index >= 15 is 0 Å². The lowest BCUT2D eigenvalue weighted by Gasteiger charge is -2.15. The monoisotopic (exact) mass is 397 g/mol. The molecule has 1 fully saturated rings. The molecule has 1 aliphatic rings. The number of hydrogen-bond donors (Lipinski definition) is 2. The summed E-state index contributed by atoms with van der Waals surface area (Å²) in [5, 5.41) is 5.84. The molecule has 0 radical (unpaired) electrons. The molecular formula is C22H24FN3O3. The zero-order valence-corrected chi connectivity index (χ0v) is 16.3. The fraction of sp³-hybridized carbons (Fsp3) is 0.273. The van der Waals surface area contributed by atoms with E-state index in [-0.39, 0.29) is 19.0 Å². The molecule has 1 saturated heterocycles. The second kappa shape index (κ2) is 9.34. The predicted octanol–water partition coefficient (Wildman–Crippen LogP) is 3.23. The molecule has 1 unspecified atom stereocenters. The Labute approximate surface area is 169 Å². The first-order valence-corrected chi connectivity index (χ1v) is 9.41. The summed E-state index contributed by atoms with van der Waals surface area (Å²) in [6.07, 6.45) is 0.781. The normalized spacial score (nSPS) is 15.9. The molecule has 0 aliphatic carbocycles. The number of carbonyl (C=O) groups is 2. The maximum Gasteiger partial charge on any atom is 0.414 e. The van der Waals surface area contributed by atoms with E-state index in [0.717, 1.165) is 17.7 Å². The Bertz CT molecular complexity index is 899. The van der Waals surface area contributed by atoms with Gasteiger partial charge < -0.3 is 15.4 Å². The van der Waals surface area contributed by atoms with Gasteiger partial charge in [-0.15, -0.1) is 6.58 Å². The number of nitrogens with zero attached hydrogens (tertiary/aromatic N) is 1. The third kappa shape index (κ3) is 5.20. The summed E-state index contributed by atoms with van der Waals surface area (Å²) in [6, 6.07) is 12.3. The van der Waals surface area contributed by atoms with Crippen molar-refractivity contribution in [3.8, 4) is 11.1 Å². The van der Waals surface area contributed by atoms with Crippen LogP contribution < -0.4 is 15.5 Å². The van der Waals surface area contributed by atoms with Gasteiger partial charge in [-0.1, -0.05) is 30.3 Å². The van der Waals surface area contributed by atoms with E-state index in [0.29, 0.717) is 17.8 Å². The maximum atomic E-state index is 14.8. The highest BCUT2D eigenvalue weighted by Gasteiger charge is 2.32. The van der Waals surface area contributed by atoms with Gasteiger partial charge in [-0.05, 0) is 29.3 Å². The van der Waals surface area contributed by atoms with E-state index in [1.807, 2.05) is 24.3 Å². The number of anilines is 1. The first kappa shape index (κ1) is 20.5.